The molecular formula is C19H18FNO3. The zero-order valence-corrected chi connectivity index (χ0v) is 13.2. The predicted octanol–water partition coefficient (Wildman–Crippen LogP) is 3.50. The maximum atomic E-state index is 12.8. The normalized spacial score (nSPS) is 13.0. The van der Waals surface area contributed by atoms with Crippen LogP contribution in [0.3, 0.4) is 0 Å². The molecule has 1 N–H and O–H groups in total. The van der Waals surface area contributed by atoms with Crippen molar-refractivity contribution in [2.24, 2.45) is 0 Å². The minimum absolute atomic E-state index is 0.382. The van der Waals surface area contributed by atoms with Gasteiger partial charge in [0.2, 0.25) is 0 Å². The number of halogens is 1. The zero-order chi connectivity index (χ0) is 16.9. The number of rotatable bonds is 4. The summed E-state index contributed by atoms with van der Waals surface area (Å²) >= 11 is 0. The molecule has 124 valence electrons. The van der Waals surface area contributed by atoms with Crippen molar-refractivity contribution in [3.63, 3.8) is 0 Å². The van der Waals surface area contributed by atoms with Crippen LogP contribution in [0.25, 0.3) is 0 Å². The first-order chi connectivity index (χ1) is 11.6. The van der Waals surface area contributed by atoms with Crippen molar-refractivity contribution in [2.45, 2.75) is 25.7 Å². The summed E-state index contributed by atoms with van der Waals surface area (Å²) in [5.41, 5.74) is 3.38. The molecule has 0 spiro atoms. The van der Waals surface area contributed by atoms with Gasteiger partial charge in [-0.2, -0.15) is 0 Å². The smallest absolute Gasteiger partial charge is 0.338 e. The van der Waals surface area contributed by atoms with Gasteiger partial charge in [0, 0.05) is 5.69 Å². The molecule has 0 aromatic heterocycles. The predicted molar refractivity (Wildman–Crippen MR) is 88.4 cm³/mol. The lowest BCUT2D eigenvalue weighted by Gasteiger charge is -2.16. The molecule has 0 saturated carbocycles. The van der Waals surface area contributed by atoms with Gasteiger partial charge >= 0.3 is 5.97 Å². The number of ether oxygens (including phenoxy) is 1. The summed E-state index contributed by atoms with van der Waals surface area (Å²) in [6.45, 7) is -0.382. The van der Waals surface area contributed by atoms with Crippen LogP contribution in [-0.4, -0.2) is 18.5 Å². The van der Waals surface area contributed by atoms with Crippen molar-refractivity contribution in [3.05, 3.63) is 65.0 Å². The Kier molecular flexibility index (Phi) is 4.89. The van der Waals surface area contributed by atoms with E-state index in [2.05, 4.69) is 5.32 Å². The minimum Gasteiger partial charge on any atom is -0.452 e. The molecule has 0 saturated heterocycles. The van der Waals surface area contributed by atoms with Crippen molar-refractivity contribution in [1.82, 2.24) is 0 Å². The highest BCUT2D eigenvalue weighted by molar-refractivity contribution is 5.95. The molecule has 1 amide bonds. The van der Waals surface area contributed by atoms with E-state index in [1.54, 1.807) is 6.07 Å². The molecule has 0 bridgehead atoms. The van der Waals surface area contributed by atoms with Gasteiger partial charge in [-0.3, -0.25) is 4.79 Å². The van der Waals surface area contributed by atoms with E-state index in [1.807, 2.05) is 12.1 Å². The van der Waals surface area contributed by atoms with E-state index in [1.165, 1.54) is 41.8 Å². The number of nitrogens with one attached hydrogen (secondary N) is 1. The van der Waals surface area contributed by atoms with Gasteiger partial charge in [0.25, 0.3) is 5.91 Å². The summed E-state index contributed by atoms with van der Waals surface area (Å²) in [7, 11) is 0. The Labute approximate surface area is 139 Å². The summed E-state index contributed by atoms with van der Waals surface area (Å²) in [5.74, 6) is -1.36. The summed E-state index contributed by atoms with van der Waals surface area (Å²) < 4.78 is 17.9. The molecule has 1 aliphatic carbocycles. The Morgan fingerprint density at radius 1 is 1.00 bits per heavy atom. The number of carbonyl (C=O) groups excluding carboxylic acids is 2. The van der Waals surface area contributed by atoms with Gasteiger partial charge in [0.15, 0.2) is 6.61 Å². The van der Waals surface area contributed by atoms with Crippen LogP contribution >= 0.6 is 0 Å². The summed E-state index contributed by atoms with van der Waals surface area (Å²) in [4.78, 5) is 23.9. The number of hydrogen-bond donors (Lipinski definition) is 1. The van der Waals surface area contributed by atoms with E-state index in [0.717, 1.165) is 19.3 Å². The van der Waals surface area contributed by atoms with Crippen molar-refractivity contribution in [3.8, 4) is 0 Å². The number of carbonyl (C=O) groups is 2. The average Bonchev–Trinajstić information content (AvgIpc) is 2.61. The van der Waals surface area contributed by atoms with Crippen molar-refractivity contribution < 1.29 is 18.7 Å². The zero-order valence-electron chi connectivity index (χ0n) is 13.2. The Morgan fingerprint density at radius 2 is 1.71 bits per heavy atom. The van der Waals surface area contributed by atoms with Crippen LogP contribution in [0, 0.1) is 5.82 Å². The number of aryl methyl sites for hydroxylation is 2. The van der Waals surface area contributed by atoms with E-state index in [-0.39, 0.29) is 12.4 Å². The molecule has 3 rings (SSSR count). The van der Waals surface area contributed by atoms with E-state index in [9.17, 15) is 14.0 Å². The third-order valence-corrected chi connectivity index (χ3v) is 4.05. The second-order valence-electron chi connectivity index (χ2n) is 5.82. The average molecular weight is 327 g/mol. The van der Waals surface area contributed by atoms with Crippen LogP contribution in [0.4, 0.5) is 10.1 Å². The molecule has 2 aromatic rings. The van der Waals surface area contributed by atoms with Crippen LogP contribution < -0.4 is 5.32 Å². The summed E-state index contributed by atoms with van der Waals surface area (Å²) in [6.07, 6.45) is 4.33. The second-order valence-corrected chi connectivity index (χ2v) is 5.82. The number of hydrogen-bond acceptors (Lipinski definition) is 3. The van der Waals surface area contributed by atoms with Crippen molar-refractivity contribution in [1.29, 1.82) is 0 Å². The number of benzene rings is 2. The summed E-state index contributed by atoms with van der Waals surface area (Å²) in [6, 6.07) is 10.9. The first kappa shape index (κ1) is 16.2. The highest BCUT2D eigenvalue weighted by Gasteiger charge is 2.15. The fourth-order valence-electron chi connectivity index (χ4n) is 2.81. The number of fused-ring (bicyclic) bond motifs is 1. The third kappa shape index (κ3) is 3.98. The molecule has 0 atom stereocenters. The molecule has 5 heteroatoms. The number of anilines is 1. The van der Waals surface area contributed by atoms with Crippen molar-refractivity contribution in [2.75, 3.05) is 11.9 Å². The molecule has 4 nitrogen and oxygen atoms in total. The van der Waals surface area contributed by atoms with Crippen LogP contribution in [0.15, 0.2) is 42.5 Å². The Morgan fingerprint density at radius 3 is 2.46 bits per heavy atom. The first-order valence-electron chi connectivity index (χ1n) is 7.96. The number of esters is 1. The summed E-state index contributed by atoms with van der Waals surface area (Å²) in [5, 5.41) is 2.54. The largest absolute Gasteiger partial charge is 0.452 e. The molecule has 0 heterocycles. The van der Waals surface area contributed by atoms with Gasteiger partial charge in [-0.1, -0.05) is 6.07 Å². The van der Waals surface area contributed by atoms with Crippen LogP contribution in [0.2, 0.25) is 0 Å². The van der Waals surface area contributed by atoms with Crippen LogP contribution in [0.1, 0.15) is 34.3 Å². The highest BCUT2D eigenvalue weighted by atomic mass is 19.1. The minimum atomic E-state index is -0.516. The van der Waals surface area contributed by atoms with Crippen LogP contribution in [-0.2, 0) is 22.4 Å². The lowest BCUT2D eigenvalue weighted by atomic mass is 9.90. The molecule has 1 aliphatic rings. The van der Waals surface area contributed by atoms with E-state index in [4.69, 9.17) is 4.74 Å². The van der Waals surface area contributed by atoms with E-state index < -0.39 is 11.9 Å². The quantitative estimate of drug-likeness (QED) is 0.875. The van der Waals surface area contributed by atoms with Crippen molar-refractivity contribution >= 4 is 17.6 Å². The Hall–Kier alpha value is -2.69. The fourth-order valence-corrected chi connectivity index (χ4v) is 2.81. The molecule has 0 unspecified atom stereocenters. The molecule has 0 aliphatic heterocycles. The Balaban J connectivity index is 1.55. The maximum absolute atomic E-state index is 12.8. The topological polar surface area (TPSA) is 55.4 Å². The lowest BCUT2D eigenvalue weighted by Crippen LogP contribution is -2.21. The maximum Gasteiger partial charge on any atom is 0.338 e. The van der Waals surface area contributed by atoms with E-state index in [0.29, 0.717) is 11.3 Å². The molecule has 2 aromatic carbocycles. The van der Waals surface area contributed by atoms with Gasteiger partial charge in [0.1, 0.15) is 5.82 Å². The first-order valence-corrected chi connectivity index (χ1v) is 7.96. The lowest BCUT2D eigenvalue weighted by molar-refractivity contribution is -0.119. The fraction of sp³-hybridized carbons (Fsp3) is 0.263. The van der Waals surface area contributed by atoms with Gasteiger partial charge in [-0.15, -0.1) is 0 Å². The van der Waals surface area contributed by atoms with Gasteiger partial charge in [-0.05, 0) is 73.2 Å². The van der Waals surface area contributed by atoms with Gasteiger partial charge in [-0.25, -0.2) is 9.18 Å². The molecule has 24 heavy (non-hydrogen) atoms. The van der Waals surface area contributed by atoms with E-state index >= 15 is 0 Å². The number of amides is 1. The SMILES string of the molecule is O=C(COC(=O)c1ccc2c(c1)CCCC2)Nc1ccc(F)cc1. The molecule has 0 radical (unpaired) electrons. The van der Waals surface area contributed by atoms with Gasteiger partial charge < -0.3 is 10.1 Å². The van der Waals surface area contributed by atoms with Gasteiger partial charge in [0.05, 0.1) is 5.56 Å². The standard InChI is InChI=1S/C19H18FNO3/c20-16-7-9-17(10-8-16)21-18(22)12-24-19(23)15-6-5-13-3-1-2-4-14(13)11-15/h5-11H,1-4,12H2,(H,21,22). The molecular weight excluding hydrogens is 309 g/mol. The Bertz CT molecular complexity index is 756. The highest BCUT2D eigenvalue weighted by Crippen LogP contribution is 2.22. The molecule has 0 fully saturated rings. The third-order valence-electron chi connectivity index (χ3n) is 4.05. The monoisotopic (exact) mass is 327 g/mol. The second kappa shape index (κ2) is 7.25. The van der Waals surface area contributed by atoms with Crippen LogP contribution in [0.5, 0.6) is 0 Å².